The van der Waals surface area contributed by atoms with Crippen molar-refractivity contribution in [2.24, 2.45) is 10.9 Å². The van der Waals surface area contributed by atoms with Crippen LogP contribution >= 0.6 is 24.0 Å². The van der Waals surface area contributed by atoms with Gasteiger partial charge >= 0.3 is 0 Å². The van der Waals surface area contributed by atoms with Crippen LogP contribution in [-0.2, 0) is 16.4 Å². The van der Waals surface area contributed by atoms with Crippen molar-refractivity contribution in [3.05, 3.63) is 29.3 Å². The first-order chi connectivity index (χ1) is 12.3. The van der Waals surface area contributed by atoms with Gasteiger partial charge in [0.2, 0.25) is 0 Å². The summed E-state index contributed by atoms with van der Waals surface area (Å²) < 4.78 is 23.4. The minimum absolute atomic E-state index is 0. The van der Waals surface area contributed by atoms with Gasteiger partial charge < -0.3 is 10.6 Å². The summed E-state index contributed by atoms with van der Waals surface area (Å²) in [4.78, 5) is 4.68. The van der Waals surface area contributed by atoms with E-state index in [0.717, 1.165) is 23.6 Å². The first-order valence-electron chi connectivity index (χ1n) is 9.55. The highest BCUT2D eigenvalue weighted by atomic mass is 127. The molecule has 0 saturated heterocycles. The van der Waals surface area contributed by atoms with Gasteiger partial charge in [0.05, 0.1) is 4.90 Å². The highest BCUT2D eigenvalue weighted by Crippen LogP contribution is 2.17. The van der Waals surface area contributed by atoms with Gasteiger partial charge in [0.15, 0.2) is 15.8 Å². The number of nitrogens with one attached hydrogen (secondary N) is 2. The Hall–Kier alpha value is -0.830. The Kier molecular flexibility index (Phi) is 13.0. The van der Waals surface area contributed by atoms with Crippen LogP contribution in [0.25, 0.3) is 0 Å². The molecule has 156 valence electrons. The SMILES string of the molecule is CCCCC(CCC)CNC(=NC)NCc1ccc(S(C)(=O)=O)c(C)c1.I. The first-order valence-corrected chi connectivity index (χ1v) is 11.4. The third-order valence-electron chi connectivity index (χ3n) is 4.54. The molecule has 0 fully saturated rings. The maximum Gasteiger partial charge on any atom is 0.191 e. The topological polar surface area (TPSA) is 70.6 Å². The van der Waals surface area contributed by atoms with E-state index in [1.165, 1.54) is 38.4 Å². The van der Waals surface area contributed by atoms with Crippen molar-refractivity contribution in [1.29, 1.82) is 0 Å². The molecule has 0 spiro atoms. The summed E-state index contributed by atoms with van der Waals surface area (Å²) in [6.07, 6.45) is 7.43. The fourth-order valence-corrected chi connectivity index (χ4v) is 4.09. The number of rotatable bonds is 10. The van der Waals surface area contributed by atoms with E-state index < -0.39 is 9.84 Å². The zero-order valence-corrected chi connectivity index (χ0v) is 20.5. The van der Waals surface area contributed by atoms with Crippen molar-refractivity contribution < 1.29 is 8.42 Å². The maximum absolute atomic E-state index is 11.7. The highest BCUT2D eigenvalue weighted by Gasteiger charge is 2.11. The van der Waals surface area contributed by atoms with Crippen LogP contribution in [-0.4, -0.2) is 34.2 Å². The number of hydrogen-bond acceptors (Lipinski definition) is 3. The van der Waals surface area contributed by atoms with Crippen molar-refractivity contribution in [2.45, 2.75) is 64.3 Å². The normalized spacial score (nSPS) is 13.0. The van der Waals surface area contributed by atoms with Crippen molar-refractivity contribution in [1.82, 2.24) is 10.6 Å². The predicted octanol–water partition coefficient (Wildman–Crippen LogP) is 4.29. The summed E-state index contributed by atoms with van der Waals surface area (Å²) >= 11 is 0. The highest BCUT2D eigenvalue weighted by molar-refractivity contribution is 14.0. The number of unbranched alkanes of at least 4 members (excludes halogenated alkanes) is 1. The van der Waals surface area contributed by atoms with Crippen molar-refractivity contribution in [3.63, 3.8) is 0 Å². The molecule has 0 bridgehead atoms. The molecule has 1 rings (SSSR count). The Morgan fingerprint density at radius 1 is 1.15 bits per heavy atom. The van der Waals surface area contributed by atoms with Crippen molar-refractivity contribution in [2.75, 3.05) is 19.8 Å². The lowest BCUT2D eigenvalue weighted by Crippen LogP contribution is -2.39. The number of halogens is 1. The van der Waals surface area contributed by atoms with Crippen LogP contribution in [0.2, 0.25) is 0 Å². The van der Waals surface area contributed by atoms with Crippen molar-refractivity contribution in [3.8, 4) is 0 Å². The van der Waals surface area contributed by atoms with Gasteiger partial charge in [0.1, 0.15) is 0 Å². The van der Waals surface area contributed by atoms with Crippen LogP contribution in [0.3, 0.4) is 0 Å². The Morgan fingerprint density at radius 2 is 1.85 bits per heavy atom. The number of aryl methyl sites for hydroxylation is 1. The molecule has 0 radical (unpaired) electrons. The predicted molar refractivity (Wildman–Crippen MR) is 126 cm³/mol. The molecule has 0 aliphatic carbocycles. The van der Waals surface area contributed by atoms with Crippen LogP contribution in [0.4, 0.5) is 0 Å². The molecular weight excluding hydrogens is 473 g/mol. The third-order valence-corrected chi connectivity index (χ3v) is 5.80. The lowest BCUT2D eigenvalue weighted by molar-refractivity contribution is 0.423. The molecular formula is C20H36IN3O2S. The Balaban J connectivity index is 0.00000676. The monoisotopic (exact) mass is 509 g/mol. The van der Waals surface area contributed by atoms with Crippen LogP contribution in [0.5, 0.6) is 0 Å². The fraction of sp³-hybridized carbons (Fsp3) is 0.650. The van der Waals surface area contributed by atoms with E-state index >= 15 is 0 Å². The van der Waals surface area contributed by atoms with Crippen LogP contribution in [0.15, 0.2) is 28.1 Å². The standard InChI is InChI=1S/C20H35N3O2S.HI/c1-6-8-10-17(9-7-2)14-22-20(21-4)23-15-18-11-12-19(16(3)13-18)26(5,24)25;/h11-13,17H,6-10,14-15H2,1-5H3,(H2,21,22,23);1H. The minimum atomic E-state index is -3.17. The van der Waals surface area contributed by atoms with Gasteiger partial charge in [-0.05, 0) is 42.9 Å². The van der Waals surface area contributed by atoms with Gasteiger partial charge in [-0.3, -0.25) is 4.99 Å². The van der Waals surface area contributed by atoms with Gasteiger partial charge in [-0.25, -0.2) is 8.42 Å². The number of nitrogens with zero attached hydrogens (tertiary/aromatic N) is 1. The zero-order valence-electron chi connectivity index (χ0n) is 17.3. The average molecular weight is 509 g/mol. The number of sulfone groups is 1. The van der Waals surface area contributed by atoms with Crippen LogP contribution < -0.4 is 10.6 Å². The van der Waals surface area contributed by atoms with Gasteiger partial charge in [-0.1, -0.05) is 45.2 Å². The second kappa shape index (κ2) is 13.4. The Morgan fingerprint density at radius 3 is 2.37 bits per heavy atom. The second-order valence-corrected chi connectivity index (χ2v) is 8.96. The van der Waals surface area contributed by atoms with E-state index in [4.69, 9.17) is 0 Å². The van der Waals surface area contributed by atoms with E-state index in [1.807, 2.05) is 19.1 Å². The van der Waals surface area contributed by atoms with E-state index in [-0.39, 0.29) is 24.0 Å². The molecule has 1 aromatic rings. The summed E-state index contributed by atoms with van der Waals surface area (Å²) in [7, 11) is -1.40. The van der Waals surface area contributed by atoms with E-state index in [0.29, 0.717) is 17.4 Å². The zero-order chi connectivity index (χ0) is 19.6. The average Bonchev–Trinajstić information content (AvgIpc) is 2.58. The van der Waals surface area contributed by atoms with Crippen LogP contribution in [0, 0.1) is 12.8 Å². The van der Waals surface area contributed by atoms with E-state index in [2.05, 4.69) is 29.5 Å². The molecule has 0 heterocycles. The summed E-state index contributed by atoms with van der Waals surface area (Å²) in [5.41, 5.74) is 1.81. The first kappa shape index (κ1) is 26.2. The fourth-order valence-electron chi connectivity index (χ4n) is 3.13. The molecule has 2 N–H and O–H groups in total. The molecule has 0 amide bonds. The molecule has 1 unspecified atom stereocenters. The molecule has 0 aliphatic rings. The molecule has 7 heteroatoms. The van der Waals surface area contributed by atoms with Gasteiger partial charge in [0, 0.05) is 26.4 Å². The van der Waals surface area contributed by atoms with Crippen LogP contribution in [0.1, 0.15) is 57.1 Å². The summed E-state index contributed by atoms with van der Waals surface area (Å²) in [5, 5.41) is 6.74. The molecule has 1 atom stereocenters. The number of aliphatic imine (C=N–C) groups is 1. The minimum Gasteiger partial charge on any atom is -0.356 e. The number of hydrogen-bond donors (Lipinski definition) is 2. The maximum atomic E-state index is 11.7. The molecule has 0 saturated carbocycles. The molecule has 1 aromatic carbocycles. The number of guanidine groups is 1. The third kappa shape index (κ3) is 9.78. The van der Waals surface area contributed by atoms with Gasteiger partial charge in [0.25, 0.3) is 0 Å². The smallest absolute Gasteiger partial charge is 0.191 e. The largest absolute Gasteiger partial charge is 0.356 e. The Labute approximate surface area is 182 Å². The lowest BCUT2D eigenvalue weighted by atomic mass is 9.97. The van der Waals surface area contributed by atoms with Gasteiger partial charge in [-0.15, -0.1) is 24.0 Å². The molecule has 5 nitrogen and oxygen atoms in total. The number of benzene rings is 1. The van der Waals surface area contributed by atoms with E-state index in [9.17, 15) is 8.42 Å². The molecule has 0 aliphatic heterocycles. The van der Waals surface area contributed by atoms with E-state index in [1.54, 1.807) is 13.1 Å². The quantitative estimate of drug-likeness (QED) is 0.281. The Bertz CT molecular complexity index is 690. The van der Waals surface area contributed by atoms with Crippen molar-refractivity contribution >= 4 is 39.8 Å². The molecule has 0 aromatic heterocycles. The summed E-state index contributed by atoms with van der Waals surface area (Å²) in [6.45, 7) is 7.83. The lowest BCUT2D eigenvalue weighted by Gasteiger charge is -2.19. The van der Waals surface area contributed by atoms with Gasteiger partial charge in [-0.2, -0.15) is 0 Å². The molecule has 27 heavy (non-hydrogen) atoms. The summed E-state index contributed by atoms with van der Waals surface area (Å²) in [6, 6.07) is 5.45. The second-order valence-electron chi connectivity index (χ2n) is 6.98. The summed E-state index contributed by atoms with van der Waals surface area (Å²) in [5.74, 6) is 1.46.